The van der Waals surface area contributed by atoms with Crippen molar-refractivity contribution in [3.8, 4) is 5.69 Å². The number of aromatic nitrogens is 3. The van der Waals surface area contributed by atoms with Crippen LogP contribution >= 0.6 is 0 Å². The highest BCUT2D eigenvalue weighted by molar-refractivity contribution is 5.83. The van der Waals surface area contributed by atoms with E-state index >= 15 is 0 Å². The van der Waals surface area contributed by atoms with E-state index in [2.05, 4.69) is 137 Å². The maximum absolute atomic E-state index is 6.54. The van der Waals surface area contributed by atoms with Gasteiger partial charge in [-0.3, -0.25) is 0 Å². The van der Waals surface area contributed by atoms with Crippen LogP contribution in [0.5, 0.6) is 0 Å². The zero-order valence-electron chi connectivity index (χ0n) is 24.2. The van der Waals surface area contributed by atoms with Gasteiger partial charge in [0.25, 0.3) is 11.2 Å². The first-order valence-corrected chi connectivity index (χ1v) is 13.7. The Balaban J connectivity index is 1.64. The molecular weight excluding hydrogens is 496 g/mol. The Kier molecular flexibility index (Phi) is 7.82. The molecule has 204 valence electrons. The molecule has 0 aliphatic rings. The lowest BCUT2D eigenvalue weighted by Crippen LogP contribution is -2.44. The van der Waals surface area contributed by atoms with Crippen LogP contribution in [0.4, 0.5) is 17.4 Å². The normalized spacial score (nSPS) is 11.8. The highest BCUT2D eigenvalue weighted by atomic mass is 16.4. The quantitative estimate of drug-likeness (QED) is 0.175. The summed E-state index contributed by atoms with van der Waals surface area (Å²) in [6, 6.07) is 27.8. The first-order valence-electron chi connectivity index (χ1n) is 13.7. The summed E-state index contributed by atoms with van der Waals surface area (Å²) in [5.74, 6) is 0. The van der Waals surface area contributed by atoms with E-state index < -0.39 is 0 Å². The molecule has 3 aromatic carbocycles. The van der Waals surface area contributed by atoms with Crippen LogP contribution in [0.15, 0.2) is 88.3 Å². The molecular formula is C33H38N6O+2. The van der Waals surface area contributed by atoms with Gasteiger partial charge in [-0.1, -0.05) is 39.7 Å². The Labute approximate surface area is 236 Å². The van der Waals surface area contributed by atoms with Gasteiger partial charge in [0.1, 0.15) is 5.69 Å². The zero-order chi connectivity index (χ0) is 28.2. The molecule has 0 radical (unpaired) electrons. The molecule has 0 spiro atoms. The molecule has 5 rings (SSSR count). The van der Waals surface area contributed by atoms with Gasteiger partial charge < -0.3 is 14.2 Å². The molecule has 7 nitrogen and oxygen atoms in total. The number of rotatable bonds is 9. The summed E-state index contributed by atoms with van der Waals surface area (Å²) in [6.45, 7) is 5.79. The lowest BCUT2D eigenvalue weighted by atomic mass is 10.1. The molecule has 0 aliphatic carbocycles. The first-order chi connectivity index (χ1) is 19.4. The Hall–Kier alpha value is -4.65. The van der Waals surface area contributed by atoms with E-state index in [4.69, 9.17) is 9.41 Å². The van der Waals surface area contributed by atoms with E-state index in [1.165, 1.54) is 5.69 Å². The fourth-order valence-electron chi connectivity index (χ4n) is 4.87. The van der Waals surface area contributed by atoms with Gasteiger partial charge in [-0.25, -0.2) is 0 Å². The van der Waals surface area contributed by atoms with Crippen molar-refractivity contribution in [3.05, 3.63) is 95.7 Å². The van der Waals surface area contributed by atoms with Crippen molar-refractivity contribution in [2.75, 3.05) is 38.0 Å². The van der Waals surface area contributed by atoms with E-state index in [0.29, 0.717) is 6.01 Å². The molecule has 2 aromatic heterocycles. The van der Waals surface area contributed by atoms with Crippen molar-refractivity contribution in [1.29, 1.82) is 0 Å². The van der Waals surface area contributed by atoms with Crippen molar-refractivity contribution in [2.24, 2.45) is 4.99 Å². The number of anilines is 2. The minimum atomic E-state index is 0.571. The summed E-state index contributed by atoms with van der Waals surface area (Å²) >= 11 is 0. The number of benzene rings is 3. The predicted molar refractivity (Wildman–Crippen MR) is 165 cm³/mol. The predicted octanol–water partition coefficient (Wildman–Crippen LogP) is 5.89. The average Bonchev–Trinajstić information content (AvgIpc) is 3.48. The molecule has 0 N–H and O–H groups in total. The SMILES string of the molecule is CC[n+]1c(/N=C/c2ccc(N(C)C)cc2)oc2c1c(/C=C/c1ccc(N(C)C)cc1)[n+](CC)n2-c1ccccc1. The third-order valence-electron chi connectivity index (χ3n) is 7.04. The Morgan fingerprint density at radius 3 is 1.90 bits per heavy atom. The molecule has 5 aromatic rings. The number of aliphatic imine (C=N–C) groups is 1. The number of aryl methyl sites for hydroxylation is 1. The molecule has 0 bridgehead atoms. The summed E-state index contributed by atoms with van der Waals surface area (Å²) in [5.41, 5.74) is 8.38. The van der Waals surface area contributed by atoms with E-state index in [9.17, 15) is 0 Å². The number of hydrogen-bond donors (Lipinski definition) is 0. The number of nitrogens with zero attached hydrogens (tertiary/aromatic N) is 6. The molecule has 40 heavy (non-hydrogen) atoms. The number of fused-ring (bicyclic) bond motifs is 1. The van der Waals surface area contributed by atoms with Crippen molar-refractivity contribution < 1.29 is 13.7 Å². The highest BCUT2D eigenvalue weighted by Crippen LogP contribution is 2.26. The van der Waals surface area contributed by atoms with Gasteiger partial charge in [0.05, 0.1) is 6.54 Å². The minimum absolute atomic E-state index is 0.571. The van der Waals surface area contributed by atoms with Crippen LogP contribution < -0.4 is 19.0 Å². The van der Waals surface area contributed by atoms with Crippen molar-refractivity contribution in [2.45, 2.75) is 26.9 Å². The molecule has 0 unspecified atom stereocenters. The standard InChI is InChI=1S/C33H38N6O/c1-7-37-31-30(23-18-25-14-19-27(20-15-25)35(3)4)38(8-2)39(29-12-10-9-11-13-29)32(31)40-33(37)34-24-26-16-21-28(22-17-26)36(5)6/h9-24H,7-8H2,1-6H3/q+2. The van der Waals surface area contributed by atoms with Crippen LogP contribution in [0.1, 0.15) is 30.7 Å². The molecule has 0 fully saturated rings. The molecule has 0 aliphatic heterocycles. The first kappa shape index (κ1) is 26.9. The highest BCUT2D eigenvalue weighted by Gasteiger charge is 2.35. The fraction of sp³-hybridized carbons (Fsp3) is 0.242. The third-order valence-corrected chi connectivity index (χ3v) is 7.04. The average molecular weight is 535 g/mol. The van der Waals surface area contributed by atoms with Crippen LogP contribution in [0.25, 0.3) is 29.1 Å². The van der Waals surface area contributed by atoms with Gasteiger partial charge in [0.2, 0.25) is 0 Å². The molecule has 0 saturated heterocycles. The summed E-state index contributed by atoms with van der Waals surface area (Å²) < 4.78 is 13.1. The van der Waals surface area contributed by atoms with Crippen LogP contribution in [0, 0.1) is 0 Å². The second-order valence-electron chi connectivity index (χ2n) is 10.1. The summed E-state index contributed by atoms with van der Waals surface area (Å²) in [6.07, 6.45) is 6.22. The Bertz CT molecular complexity index is 1640. The fourth-order valence-corrected chi connectivity index (χ4v) is 4.87. The van der Waals surface area contributed by atoms with Crippen molar-refractivity contribution in [1.82, 2.24) is 4.68 Å². The maximum Gasteiger partial charge on any atom is 0.506 e. The monoisotopic (exact) mass is 534 g/mol. The topological polar surface area (TPSA) is 44.7 Å². The summed E-state index contributed by atoms with van der Waals surface area (Å²) in [4.78, 5) is 9.01. The number of oxazole rings is 1. The largest absolute Gasteiger partial charge is 0.506 e. The van der Waals surface area contributed by atoms with Gasteiger partial charge in [0.15, 0.2) is 12.8 Å². The van der Waals surface area contributed by atoms with Crippen LogP contribution in [-0.4, -0.2) is 39.1 Å². The molecule has 2 heterocycles. The maximum atomic E-state index is 6.54. The van der Waals surface area contributed by atoms with Gasteiger partial charge >= 0.3 is 11.7 Å². The molecule has 0 saturated carbocycles. The number of para-hydroxylation sites is 1. The van der Waals surface area contributed by atoms with E-state index in [1.807, 2.05) is 26.4 Å². The molecule has 0 amide bonds. The molecule has 7 heteroatoms. The van der Waals surface area contributed by atoms with Crippen LogP contribution in [-0.2, 0) is 13.1 Å². The lowest BCUT2D eigenvalue weighted by Gasteiger charge is -2.11. The van der Waals surface area contributed by atoms with Gasteiger partial charge in [-0.05, 0) is 79.0 Å². The Morgan fingerprint density at radius 1 is 0.750 bits per heavy atom. The van der Waals surface area contributed by atoms with Gasteiger partial charge in [0, 0.05) is 51.2 Å². The minimum Gasteiger partial charge on any atom is -0.378 e. The van der Waals surface area contributed by atoms with E-state index in [0.717, 1.165) is 52.5 Å². The molecule has 0 atom stereocenters. The summed E-state index contributed by atoms with van der Waals surface area (Å²) in [5, 5.41) is 0. The number of hydrogen-bond acceptors (Lipinski definition) is 4. The van der Waals surface area contributed by atoms with Crippen LogP contribution in [0.2, 0.25) is 0 Å². The van der Waals surface area contributed by atoms with Gasteiger partial charge in [-0.2, -0.15) is 4.57 Å². The van der Waals surface area contributed by atoms with Crippen molar-refractivity contribution in [3.63, 3.8) is 0 Å². The van der Waals surface area contributed by atoms with Gasteiger partial charge in [-0.15, -0.1) is 0 Å². The van der Waals surface area contributed by atoms with Crippen molar-refractivity contribution >= 4 is 47.0 Å². The summed E-state index contributed by atoms with van der Waals surface area (Å²) in [7, 11) is 8.19. The Morgan fingerprint density at radius 2 is 1.35 bits per heavy atom. The van der Waals surface area contributed by atoms with E-state index in [1.54, 1.807) is 0 Å². The zero-order valence-corrected chi connectivity index (χ0v) is 24.2. The lowest BCUT2D eigenvalue weighted by molar-refractivity contribution is -0.766. The van der Waals surface area contributed by atoms with E-state index in [-0.39, 0.29) is 0 Å². The third kappa shape index (κ3) is 5.27. The van der Waals surface area contributed by atoms with Crippen LogP contribution in [0.3, 0.4) is 0 Å². The second kappa shape index (κ2) is 11.6. The smallest absolute Gasteiger partial charge is 0.378 e. The second-order valence-corrected chi connectivity index (χ2v) is 10.1.